The summed E-state index contributed by atoms with van der Waals surface area (Å²) >= 11 is 0. The molecule has 1 aliphatic rings. The number of ether oxygens (including phenoxy) is 1. The molecule has 0 aliphatic heterocycles. The van der Waals surface area contributed by atoms with Crippen molar-refractivity contribution in [1.29, 1.82) is 0 Å². The van der Waals surface area contributed by atoms with Crippen molar-refractivity contribution >= 4 is 16.7 Å². The van der Waals surface area contributed by atoms with Crippen LogP contribution >= 0.6 is 0 Å². The smallest absolute Gasteiger partial charge is 0.335 e. The van der Waals surface area contributed by atoms with Crippen LogP contribution in [0, 0.1) is 0 Å². The van der Waals surface area contributed by atoms with Crippen LogP contribution in [0.3, 0.4) is 0 Å². The molecule has 24 heavy (non-hydrogen) atoms. The number of hydrogen-bond acceptors (Lipinski definition) is 2. The summed E-state index contributed by atoms with van der Waals surface area (Å²) in [7, 11) is 1.68. The van der Waals surface area contributed by atoms with E-state index in [-0.39, 0.29) is 5.92 Å². The Morgan fingerprint density at radius 2 is 1.88 bits per heavy atom. The third-order valence-electron chi connectivity index (χ3n) is 4.98. The van der Waals surface area contributed by atoms with Gasteiger partial charge in [0.1, 0.15) is 5.75 Å². The number of methoxy groups -OCH3 is 1. The fourth-order valence-corrected chi connectivity index (χ4v) is 3.94. The lowest BCUT2D eigenvalue weighted by Crippen LogP contribution is -2.14. The maximum atomic E-state index is 11.6. The molecule has 0 saturated carbocycles. The van der Waals surface area contributed by atoms with Crippen LogP contribution < -0.4 is 4.74 Å². The number of carboxylic acid groups (broad SMARTS) is 1. The topological polar surface area (TPSA) is 46.5 Å². The third kappa shape index (κ3) is 2.16. The first-order valence-corrected chi connectivity index (χ1v) is 8.11. The lowest BCUT2D eigenvalue weighted by molar-refractivity contribution is 0.0695. The second-order valence-corrected chi connectivity index (χ2v) is 6.18. The van der Waals surface area contributed by atoms with Crippen LogP contribution in [0.15, 0.2) is 54.6 Å². The fourth-order valence-electron chi connectivity index (χ4n) is 3.94. The summed E-state index contributed by atoms with van der Waals surface area (Å²) in [6.07, 6.45) is 1.86. The van der Waals surface area contributed by atoms with Crippen molar-refractivity contribution in [2.75, 3.05) is 7.11 Å². The van der Waals surface area contributed by atoms with Gasteiger partial charge in [0.25, 0.3) is 0 Å². The van der Waals surface area contributed by atoms with E-state index in [1.165, 1.54) is 16.5 Å². The fraction of sp³-hybridized carbons (Fsp3) is 0.190. The Balaban J connectivity index is 1.98. The van der Waals surface area contributed by atoms with Crippen LogP contribution in [-0.2, 0) is 6.42 Å². The first-order chi connectivity index (χ1) is 11.7. The van der Waals surface area contributed by atoms with Gasteiger partial charge in [0.15, 0.2) is 0 Å². The number of carbonyl (C=O) groups is 1. The predicted octanol–water partition coefficient (Wildman–Crippen LogP) is 4.62. The summed E-state index contributed by atoms with van der Waals surface area (Å²) in [5, 5.41) is 11.9. The molecule has 3 aromatic carbocycles. The Hall–Kier alpha value is -2.81. The molecule has 0 spiro atoms. The van der Waals surface area contributed by atoms with Gasteiger partial charge in [-0.05, 0) is 47.1 Å². The molecule has 120 valence electrons. The number of aryl methyl sites for hydroxylation is 1. The average Bonchev–Trinajstić information content (AvgIpc) is 2.62. The van der Waals surface area contributed by atoms with Gasteiger partial charge in [-0.1, -0.05) is 42.5 Å². The normalized spacial score (nSPS) is 16.1. The van der Waals surface area contributed by atoms with Crippen LogP contribution in [0.4, 0.5) is 0 Å². The molecule has 3 aromatic rings. The molecule has 1 N–H and O–H groups in total. The molecule has 1 atom stereocenters. The van der Waals surface area contributed by atoms with Crippen LogP contribution in [0.1, 0.15) is 39.4 Å². The minimum absolute atomic E-state index is 0.0978. The summed E-state index contributed by atoms with van der Waals surface area (Å²) in [5.41, 5.74) is 3.80. The third-order valence-corrected chi connectivity index (χ3v) is 4.98. The van der Waals surface area contributed by atoms with E-state index in [9.17, 15) is 9.90 Å². The standard InChI is InChI=1S/C21H18O3/c1-24-19-12-11-16-15(14-6-2-3-7-17(14)21(22)23)10-9-13-5-4-8-18(19)20(13)16/h2-8,11-12,15H,9-10H2,1H3,(H,22,23). The van der Waals surface area contributed by atoms with Crippen molar-refractivity contribution in [3.63, 3.8) is 0 Å². The molecule has 3 nitrogen and oxygen atoms in total. The van der Waals surface area contributed by atoms with E-state index in [1.807, 2.05) is 18.2 Å². The molecule has 0 amide bonds. The van der Waals surface area contributed by atoms with Gasteiger partial charge in [0.05, 0.1) is 12.7 Å². The highest BCUT2D eigenvalue weighted by Gasteiger charge is 2.27. The SMILES string of the molecule is COc1ccc2c3c(cccc13)CCC2c1ccccc1C(=O)O. The summed E-state index contributed by atoms with van der Waals surface area (Å²) in [4.78, 5) is 11.6. The zero-order chi connectivity index (χ0) is 16.7. The van der Waals surface area contributed by atoms with Gasteiger partial charge in [-0.3, -0.25) is 0 Å². The summed E-state index contributed by atoms with van der Waals surface area (Å²) in [6.45, 7) is 0. The molecule has 1 aliphatic carbocycles. The van der Waals surface area contributed by atoms with E-state index in [0.717, 1.165) is 29.5 Å². The van der Waals surface area contributed by atoms with Crippen molar-refractivity contribution < 1.29 is 14.6 Å². The molecule has 0 aromatic heterocycles. The molecule has 0 fully saturated rings. The summed E-state index contributed by atoms with van der Waals surface area (Å²) in [6, 6.07) is 17.7. The zero-order valence-electron chi connectivity index (χ0n) is 13.5. The molecule has 0 heterocycles. The monoisotopic (exact) mass is 318 g/mol. The van der Waals surface area contributed by atoms with E-state index >= 15 is 0 Å². The molecule has 0 saturated heterocycles. The first-order valence-electron chi connectivity index (χ1n) is 8.11. The van der Waals surface area contributed by atoms with Crippen LogP contribution in [0.2, 0.25) is 0 Å². The minimum atomic E-state index is -0.866. The van der Waals surface area contributed by atoms with Crippen molar-refractivity contribution in [2.45, 2.75) is 18.8 Å². The van der Waals surface area contributed by atoms with E-state index in [1.54, 1.807) is 19.2 Å². The van der Waals surface area contributed by atoms with Crippen molar-refractivity contribution in [2.24, 2.45) is 0 Å². The van der Waals surface area contributed by atoms with Gasteiger partial charge in [-0.2, -0.15) is 0 Å². The molecular formula is C21H18O3. The van der Waals surface area contributed by atoms with Gasteiger partial charge in [-0.15, -0.1) is 0 Å². The van der Waals surface area contributed by atoms with E-state index in [4.69, 9.17) is 4.74 Å². The second-order valence-electron chi connectivity index (χ2n) is 6.18. The number of rotatable bonds is 3. The maximum Gasteiger partial charge on any atom is 0.335 e. The summed E-state index contributed by atoms with van der Waals surface area (Å²) in [5.74, 6) is 0.0950. The molecule has 0 bridgehead atoms. The zero-order valence-corrected chi connectivity index (χ0v) is 13.5. The highest BCUT2D eigenvalue weighted by molar-refractivity contribution is 5.96. The van der Waals surface area contributed by atoms with Gasteiger partial charge < -0.3 is 9.84 Å². The van der Waals surface area contributed by atoms with Crippen LogP contribution in [-0.4, -0.2) is 18.2 Å². The Morgan fingerprint density at radius 3 is 2.67 bits per heavy atom. The van der Waals surface area contributed by atoms with Gasteiger partial charge in [0, 0.05) is 11.3 Å². The van der Waals surface area contributed by atoms with Crippen molar-refractivity contribution in [3.05, 3.63) is 76.9 Å². The molecule has 1 unspecified atom stereocenters. The van der Waals surface area contributed by atoms with E-state index in [2.05, 4.69) is 24.3 Å². The Labute approximate surface area is 140 Å². The quantitative estimate of drug-likeness (QED) is 0.766. The van der Waals surface area contributed by atoms with Crippen LogP contribution in [0.25, 0.3) is 10.8 Å². The second kappa shape index (κ2) is 5.68. The lowest BCUT2D eigenvalue weighted by atomic mass is 9.76. The van der Waals surface area contributed by atoms with Gasteiger partial charge in [-0.25, -0.2) is 4.79 Å². The molecule has 4 rings (SSSR count). The average molecular weight is 318 g/mol. The molecular weight excluding hydrogens is 300 g/mol. The highest BCUT2D eigenvalue weighted by atomic mass is 16.5. The van der Waals surface area contributed by atoms with E-state index in [0.29, 0.717) is 5.56 Å². The maximum absolute atomic E-state index is 11.6. The van der Waals surface area contributed by atoms with Crippen LogP contribution in [0.5, 0.6) is 5.75 Å². The van der Waals surface area contributed by atoms with Gasteiger partial charge >= 0.3 is 5.97 Å². The molecule has 3 heteroatoms. The lowest BCUT2D eigenvalue weighted by Gasteiger charge is -2.28. The van der Waals surface area contributed by atoms with Crippen molar-refractivity contribution in [3.8, 4) is 5.75 Å². The first kappa shape index (κ1) is 14.8. The van der Waals surface area contributed by atoms with E-state index < -0.39 is 5.97 Å². The predicted molar refractivity (Wildman–Crippen MR) is 94.1 cm³/mol. The number of benzene rings is 3. The Morgan fingerprint density at radius 1 is 1.04 bits per heavy atom. The van der Waals surface area contributed by atoms with Gasteiger partial charge in [0.2, 0.25) is 0 Å². The Bertz CT molecular complexity index is 943. The number of hydrogen-bond donors (Lipinski definition) is 1. The number of aromatic carboxylic acids is 1. The Kier molecular flexibility index (Phi) is 3.49. The van der Waals surface area contributed by atoms with Crippen molar-refractivity contribution in [1.82, 2.24) is 0 Å². The summed E-state index contributed by atoms with van der Waals surface area (Å²) < 4.78 is 5.51. The number of carboxylic acids is 1. The molecule has 0 radical (unpaired) electrons. The largest absolute Gasteiger partial charge is 0.496 e. The highest BCUT2D eigenvalue weighted by Crippen LogP contribution is 2.43. The minimum Gasteiger partial charge on any atom is -0.496 e.